The van der Waals surface area contributed by atoms with E-state index in [4.69, 9.17) is 25.0 Å². The highest BCUT2D eigenvalue weighted by Gasteiger charge is 2.44. The van der Waals surface area contributed by atoms with E-state index >= 15 is 0 Å². The molecule has 0 radical (unpaired) electrons. The first kappa shape index (κ1) is 25.1. The second-order valence-electron chi connectivity index (χ2n) is 7.83. The quantitative estimate of drug-likeness (QED) is 0.339. The van der Waals surface area contributed by atoms with Crippen LogP contribution in [0.15, 0.2) is 0 Å². The van der Waals surface area contributed by atoms with Gasteiger partial charge in [0.15, 0.2) is 9.04 Å². The topological polar surface area (TPSA) is 55.4 Å². The minimum atomic E-state index is -2.36. The first-order valence-electron chi connectivity index (χ1n) is 8.60. The molecular weight excluding hydrogens is 409 g/mol. The van der Waals surface area contributed by atoms with Gasteiger partial charge in [-0.1, -0.05) is 0 Å². The molecular formula is C12H38O6Si6. The van der Waals surface area contributed by atoms with Crippen LogP contribution in [0.2, 0.25) is 65.5 Å². The molecule has 0 aliphatic heterocycles. The van der Waals surface area contributed by atoms with Crippen molar-refractivity contribution in [1.82, 2.24) is 0 Å². The third kappa shape index (κ3) is 12.4. The second kappa shape index (κ2) is 9.84. The monoisotopic (exact) mass is 446 g/mol. The smallest absolute Gasteiger partial charge is 0.314 e. The minimum absolute atomic E-state index is 0.695. The van der Waals surface area contributed by atoms with E-state index in [9.17, 15) is 0 Å². The van der Waals surface area contributed by atoms with E-state index in [-0.39, 0.29) is 0 Å². The van der Waals surface area contributed by atoms with Crippen LogP contribution >= 0.6 is 0 Å². The fourth-order valence-corrected chi connectivity index (χ4v) is 25.6. The van der Waals surface area contributed by atoms with Crippen LogP contribution in [0, 0.1) is 0 Å². The first-order chi connectivity index (χ1) is 10.6. The maximum absolute atomic E-state index is 6.42. The Balaban J connectivity index is 4.75. The molecule has 0 saturated carbocycles. The maximum Gasteiger partial charge on any atom is 0.314 e. The van der Waals surface area contributed by atoms with E-state index in [1.54, 1.807) is 0 Å². The Morgan fingerprint density at radius 2 is 1.12 bits per heavy atom. The largest absolute Gasteiger partial charge is 0.440 e. The summed E-state index contributed by atoms with van der Waals surface area (Å²) in [6.07, 6.45) is 0. The lowest BCUT2D eigenvalue weighted by atomic mass is 10.9. The zero-order chi connectivity index (χ0) is 19.2. The van der Waals surface area contributed by atoms with E-state index < -0.39 is 53.3 Å². The molecule has 24 heavy (non-hydrogen) atoms. The highest BCUT2D eigenvalue weighted by molar-refractivity contribution is 6.88. The highest BCUT2D eigenvalue weighted by Crippen LogP contribution is 2.24. The average molecular weight is 447 g/mol. The number of hydrogen-bond donors (Lipinski definition) is 0. The van der Waals surface area contributed by atoms with Crippen LogP contribution in [0.3, 0.4) is 0 Å². The SMILES string of the molecule is CCO[SiH2]O[Si](C)(C)O[Si](C)(C)O[Si](C)(C)O[Si](C)(C)O[SiH](C)C. The molecule has 0 bridgehead atoms. The van der Waals surface area contributed by atoms with Gasteiger partial charge in [0.1, 0.15) is 0 Å². The van der Waals surface area contributed by atoms with Crippen molar-refractivity contribution in [3.63, 3.8) is 0 Å². The molecule has 12 heteroatoms. The van der Waals surface area contributed by atoms with Gasteiger partial charge < -0.3 is 25.0 Å². The molecule has 0 aromatic carbocycles. The van der Waals surface area contributed by atoms with Gasteiger partial charge in [-0.15, -0.1) is 0 Å². The minimum Gasteiger partial charge on any atom is -0.440 e. The summed E-state index contributed by atoms with van der Waals surface area (Å²) in [4.78, 5) is 0. The van der Waals surface area contributed by atoms with Gasteiger partial charge in [0.2, 0.25) is 0 Å². The summed E-state index contributed by atoms with van der Waals surface area (Å²) in [5.74, 6) is 0. The molecule has 0 N–H and O–H groups in total. The molecule has 0 amide bonds. The summed E-state index contributed by atoms with van der Waals surface area (Å²) < 4.78 is 36.6. The highest BCUT2D eigenvalue weighted by atomic mass is 28.5. The molecule has 6 nitrogen and oxygen atoms in total. The summed E-state index contributed by atoms with van der Waals surface area (Å²) in [5.41, 5.74) is 0. The van der Waals surface area contributed by atoms with Gasteiger partial charge in [0.05, 0.1) is 0 Å². The van der Waals surface area contributed by atoms with Crippen LogP contribution in [-0.4, -0.2) is 59.9 Å². The molecule has 0 aromatic rings. The van der Waals surface area contributed by atoms with Gasteiger partial charge in [-0.3, -0.25) is 0 Å². The van der Waals surface area contributed by atoms with Crippen molar-refractivity contribution in [2.75, 3.05) is 6.61 Å². The lowest BCUT2D eigenvalue weighted by Crippen LogP contribution is -2.58. The molecule has 0 aliphatic rings. The van der Waals surface area contributed by atoms with E-state index in [1.807, 2.05) is 6.92 Å². The summed E-state index contributed by atoms with van der Waals surface area (Å²) in [7, 11) is -11.2. The Hall–Kier alpha value is 1.06. The molecule has 0 heterocycles. The standard InChI is InChI=1S/C12H38O6Si6/c1-12-13-19-14-21(4,5)16-23(8,9)18-24(10,11)17-22(6,7)15-20(2)3/h20H,12,19H2,1-11H3. The number of rotatable bonds is 12. The fourth-order valence-electron chi connectivity index (χ4n) is 2.71. The Morgan fingerprint density at radius 3 is 1.54 bits per heavy atom. The lowest BCUT2D eigenvalue weighted by molar-refractivity contribution is 0.261. The van der Waals surface area contributed by atoms with Crippen LogP contribution in [0.5, 0.6) is 0 Å². The van der Waals surface area contributed by atoms with Crippen molar-refractivity contribution in [3.05, 3.63) is 0 Å². The molecule has 0 atom stereocenters. The molecule has 0 saturated heterocycles. The lowest BCUT2D eigenvalue weighted by Gasteiger charge is -2.40. The van der Waals surface area contributed by atoms with Gasteiger partial charge in [0.25, 0.3) is 10.0 Å². The van der Waals surface area contributed by atoms with Crippen molar-refractivity contribution >= 4 is 53.3 Å². The zero-order valence-corrected chi connectivity index (χ0v) is 24.0. The van der Waals surface area contributed by atoms with Gasteiger partial charge in [0, 0.05) is 6.61 Å². The first-order valence-corrected chi connectivity index (χ1v) is 23.8. The normalized spacial score (nSPS) is 15.0. The number of hydrogen-bond acceptors (Lipinski definition) is 6. The molecule has 0 spiro atoms. The van der Waals surface area contributed by atoms with Crippen LogP contribution in [0.1, 0.15) is 6.92 Å². The van der Waals surface area contributed by atoms with Crippen LogP contribution in [0.4, 0.5) is 0 Å². The predicted molar refractivity (Wildman–Crippen MR) is 114 cm³/mol. The van der Waals surface area contributed by atoms with Gasteiger partial charge in [-0.2, -0.15) is 0 Å². The van der Waals surface area contributed by atoms with Crippen molar-refractivity contribution in [1.29, 1.82) is 0 Å². The van der Waals surface area contributed by atoms with E-state index in [0.717, 1.165) is 0 Å². The van der Waals surface area contributed by atoms with Gasteiger partial charge >= 0.3 is 34.2 Å². The van der Waals surface area contributed by atoms with E-state index in [0.29, 0.717) is 6.61 Å². The summed E-state index contributed by atoms with van der Waals surface area (Å²) in [6, 6.07) is 0. The van der Waals surface area contributed by atoms with Crippen molar-refractivity contribution < 1.29 is 25.0 Å². The molecule has 146 valence electrons. The van der Waals surface area contributed by atoms with Crippen LogP contribution in [-0.2, 0) is 25.0 Å². The fraction of sp³-hybridized carbons (Fsp3) is 1.00. The summed E-state index contributed by atoms with van der Waals surface area (Å²) in [6.45, 7) is 23.6. The molecule has 0 unspecified atom stereocenters. The van der Waals surface area contributed by atoms with Crippen molar-refractivity contribution in [3.8, 4) is 0 Å². The summed E-state index contributed by atoms with van der Waals surface area (Å²) >= 11 is 0. The Labute approximate surface area is 157 Å². The maximum atomic E-state index is 6.42. The van der Waals surface area contributed by atoms with Gasteiger partial charge in [-0.05, 0) is 72.4 Å². The average Bonchev–Trinajstić information content (AvgIpc) is 2.20. The molecule has 0 aliphatic carbocycles. The Bertz CT molecular complexity index is 377. The summed E-state index contributed by atoms with van der Waals surface area (Å²) in [5, 5.41) is 0. The van der Waals surface area contributed by atoms with Crippen LogP contribution in [0.25, 0.3) is 0 Å². The third-order valence-electron chi connectivity index (χ3n) is 2.69. The van der Waals surface area contributed by atoms with Crippen molar-refractivity contribution in [2.24, 2.45) is 0 Å². The molecule has 0 fully saturated rings. The van der Waals surface area contributed by atoms with Crippen LogP contribution < -0.4 is 0 Å². The third-order valence-corrected chi connectivity index (χ3v) is 22.5. The second-order valence-corrected chi connectivity index (χ2v) is 26.3. The van der Waals surface area contributed by atoms with E-state index in [1.165, 1.54) is 0 Å². The molecule has 0 rings (SSSR count). The van der Waals surface area contributed by atoms with E-state index in [2.05, 4.69) is 65.5 Å². The molecule has 0 aromatic heterocycles. The van der Waals surface area contributed by atoms with Crippen molar-refractivity contribution in [2.45, 2.75) is 72.4 Å². The van der Waals surface area contributed by atoms with Gasteiger partial charge in [-0.25, -0.2) is 0 Å². The predicted octanol–water partition coefficient (Wildman–Crippen LogP) is 2.90. The Morgan fingerprint density at radius 1 is 0.708 bits per heavy atom. The Kier molecular flexibility index (Phi) is 10.3. The zero-order valence-electron chi connectivity index (χ0n) is 17.4.